The molecule has 1 fully saturated rings. The van der Waals surface area contributed by atoms with Crippen molar-refractivity contribution in [1.82, 2.24) is 10.2 Å². The Kier molecular flexibility index (Phi) is 5.15. The van der Waals surface area contributed by atoms with Gasteiger partial charge in [0.25, 0.3) is 0 Å². The van der Waals surface area contributed by atoms with Crippen molar-refractivity contribution in [3.8, 4) is 0 Å². The molecule has 1 heterocycles. The molecule has 0 saturated carbocycles. The molecule has 0 spiro atoms. The summed E-state index contributed by atoms with van der Waals surface area (Å²) in [4.78, 5) is 2.34. The van der Waals surface area contributed by atoms with Gasteiger partial charge in [0, 0.05) is 54.0 Å². The van der Waals surface area contributed by atoms with Crippen LogP contribution in [0.25, 0.3) is 0 Å². The van der Waals surface area contributed by atoms with Crippen LogP contribution in [-0.2, 0) is 10.8 Å². The summed E-state index contributed by atoms with van der Waals surface area (Å²) in [5.74, 6) is 1.64. The van der Waals surface area contributed by atoms with Gasteiger partial charge in [-0.25, -0.2) is 0 Å². The summed E-state index contributed by atoms with van der Waals surface area (Å²) < 4.78 is 11.2. The van der Waals surface area contributed by atoms with E-state index in [4.69, 9.17) is 0 Å². The number of nitrogens with zero attached hydrogens (tertiary/aromatic N) is 1. The smallest absolute Gasteiger partial charge is 0.0363 e. The van der Waals surface area contributed by atoms with Crippen LogP contribution in [0.4, 0.5) is 0 Å². The van der Waals surface area contributed by atoms with Crippen LogP contribution in [0.5, 0.6) is 0 Å². The molecule has 0 aromatic rings. The molecule has 16 heavy (non-hydrogen) atoms. The fourth-order valence-corrected chi connectivity index (χ4v) is 2.72. The largest absolute Gasteiger partial charge is 0.308 e. The van der Waals surface area contributed by atoms with Gasteiger partial charge in [0.2, 0.25) is 0 Å². The molecule has 0 aliphatic carbocycles. The Labute approximate surface area is 102 Å². The highest BCUT2D eigenvalue weighted by Crippen LogP contribution is 2.05. The minimum Gasteiger partial charge on any atom is -0.308 e. The van der Waals surface area contributed by atoms with E-state index in [2.05, 4.69) is 37.6 Å². The maximum absolute atomic E-state index is 11.2. The highest BCUT2D eigenvalue weighted by Gasteiger charge is 2.16. The van der Waals surface area contributed by atoms with Crippen molar-refractivity contribution in [3.05, 3.63) is 12.2 Å². The van der Waals surface area contributed by atoms with Crippen molar-refractivity contribution in [2.24, 2.45) is 0 Å². The van der Waals surface area contributed by atoms with Crippen molar-refractivity contribution in [2.45, 2.75) is 26.3 Å². The highest BCUT2D eigenvalue weighted by molar-refractivity contribution is 7.85. The van der Waals surface area contributed by atoms with Gasteiger partial charge in [-0.2, -0.15) is 0 Å². The first-order valence-electron chi connectivity index (χ1n) is 5.86. The second kappa shape index (κ2) is 5.94. The van der Waals surface area contributed by atoms with Crippen molar-refractivity contribution < 1.29 is 4.21 Å². The topological polar surface area (TPSA) is 32.3 Å². The number of hydrogen-bond donors (Lipinski definition) is 1. The van der Waals surface area contributed by atoms with Crippen LogP contribution in [0, 0.1) is 0 Å². The second-order valence-electron chi connectivity index (χ2n) is 5.48. The van der Waals surface area contributed by atoms with E-state index in [1.807, 2.05) is 0 Å². The van der Waals surface area contributed by atoms with Gasteiger partial charge in [0.05, 0.1) is 0 Å². The average Bonchev–Trinajstić information content (AvgIpc) is 2.18. The van der Waals surface area contributed by atoms with Crippen molar-refractivity contribution >= 4 is 10.8 Å². The summed E-state index contributed by atoms with van der Waals surface area (Å²) in [7, 11) is -0.580. The first kappa shape index (κ1) is 13.9. The molecule has 0 radical (unpaired) electrons. The second-order valence-corrected chi connectivity index (χ2v) is 7.17. The van der Waals surface area contributed by atoms with E-state index in [-0.39, 0.29) is 5.54 Å². The lowest BCUT2D eigenvalue weighted by Crippen LogP contribution is -2.42. The summed E-state index contributed by atoms with van der Waals surface area (Å²) in [6, 6.07) is 0. The standard InChI is InChI=1S/C12H24N2OS/c1-11(9-13-12(2,3)4)10-14-5-7-16(15)8-6-14/h13H,1,5-10H2,2-4H3. The summed E-state index contributed by atoms with van der Waals surface area (Å²) in [6.45, 7) is 14.2. The lowest BCUT2D eigenvalue weighted by Gasteiger charge is -2.28. The SMILES string of the molecule is C=C(CNC(C)(C)C)CN1CCS(=O)CC1. The van der Waals surface area contributed by atoms with Gasteiger partial charge >= 0.3 is 0 Å². The Bertz CT molecular complexity index is 261. The minimum absolute atomic E-state index is 0.145. The molecule has 0 atom stereocenters. The van der Waals surface area contributed by atoms with E-state index in [9.17, 15) is 4.21 Å². The van der Waals surface area contributed by atoms with Gasteiger partial charge in [-0.1, -0.05) is 6.58 Å². The summed E-state index contributed by atoms with van der Waals surface area (Å²) in [5, 5.41) is 3.43. The highest BCUT2D eigenvalue weighted by atomic mass is 32.2. The monoisotopic (exact) mass is 244 g/mol. The Hall–Kier alpha value is -0.190. The Morgan fingerprint density at radius 3 is 2.44 bits per heavy atom. The Balaban J connectivity index is 2.22. The molecule has 0 bridgehead atoms. The molecule has 1 saturated heterocycles. The molecular weight excluding hydrogens is 220 g/mol. The van der Waals surface area contributed by atoms with Gasteiger partial charge in [-0.05, 0) is 26.3 Å². The normalized spacial score (nSPS) is 19.9. The predicted octanol–water partition coefficient (Wildman–Crippen LogP) is 0.995. The average molecular weight is 244 g/mol. The number of rotatable bonds is 4. The van der Waals surface area contributed by atoms with Crippen LogP contribution < -0.4 is 5.32 Å². The van der Waals surface area contributed by atoms with Gasteiger partial charge in [0.1, 0.15) is 0 Å². The molecule has 0 amide bonds. The lowest BCUT2D eigenvalue weighted by atomic mass is 10.1. The predicted molar refractivity (Wildman–Crippen MR) is 71.2 cm³/mol. The quantitative estimate of drug-likeness (QED) is 0.749. The van der Waals surface area contributed by atoms with Gasteiger partial charge in [-0.3, -0.25) is 9.11 Å². The van der Waals surface area contributed by atoms with E-state index >= 15 is 0 Å². The summed E-state index contributed by atoms with van der Waals surface area (Å²) >= 11 is 0. The Morgan fingerprint density at radius 2 is 1.94 bits per heavy atom. The van der Waals surface area contributed by atoms with Crippen molar-refractivity contribution in [3.63, 3.8) is 0 Å². The molecule has 1 aliphatic heterocycles. The first-order chi connectivity index (χ1) is 7.37. The summed E-state index contributed by atoms with van der Waals surface area (Å²) in [5.41, 5.74) is 1.36. The van der Waals surface area contributed by atoms with Crippen molar-refractivity contribution in [1.29, 1.82) is 0 Å². The lowest BCUT2D eigenvalue weighted by molar-refractivity contribution is 0.319. The molecule has 1 aliphatic rings. The molecular formula is C12H24N2OS. The van der Waals surface area contributed by atoms with Crippen LogP contribution in [-0.4, -0.2) is 52.3 Å². The molecule has 1 N–H and O–H groups in total. The van der Waals surface area contributed by atoms with E-state index < -0.39 is 10.8 Å². The third kappa shape index (κ3) is 5.77. The molecule has 94 valence electrons. The van der Waals surface area contributed by atoms with Crippen LogP contribution in [0.15, 0.2) is 12.2 Å². The zero-order chi connectivity index (χ0) is 12.2. The number of hydrogen-bond acceptors (Lipinski definition) is 3. The van der Waals surface area contributed by atoms with Crippen LogP contribution >= 0.6 is 0 Å². The van der Waals surface area contributed by atoms with E-state index in [0.717, 1.165) is 37.7 Å². The summed E-state index contributed by atoms with van der Waals surface area (Å²) in [6.07, 6.45) is 0. The van der Waals surface area contributed by atoms with Gasteiger partial charge < -0.3 is 5.32 Å². The third-order valence-corrected chi connectivity index (χ3v) is 3.86. The van der Waals surface area contributed by atoms with Crippen LogP contribution in [0.2, 0.25) is 0 Å². The Morgan fingerprint density at radius 1 is 1.38 bits per heavy atom. The van der Waals surface area contributed by atoms with E-state index in [0.29, 0.717) is 0 Å². The fraction of sp³-hybridized carbons (Fsp3) is 0.833. The maximum Gasteiger partial charge on any atom is 0.0363 e. The molecule has 0 unspecified atom stereocenters. The zero-order valence-electron chi connectivity index (χ0n) is 10.7. The van der Waals surface area contributed by atoms with E-state index in [1.54, 1.807) is 0 Å². The number of nitrogens with one attached hydrogen (secondary N) is 1. The molecule has 0 aromatic carbocycles. The zero-order valence-corrected chi connectivity index (χ0v) is 11.5. The maximum atomic E-state index is 11.2. The first-order valence-corrected chi connectivity index (χ1v) is 7.34. The molecule has 3 nitrogen and oxygen atoms in total. The van der Waals surface area contributed by atoms with Gasteiger partial charge in [-0.15, -0.1) is 0 Å². The fourth-order valence-electron chi connectivity index (χ4n) is 1.60. The molecule has 1 rings (SSSR count). The third-order valence-electron chi connectivity index (χ3n) is 2.59. The van der Waals surface area contributed by atoms with Crippen LogP contribution in [0.3, 0.4) is 0 Å². The van der Waals surface area contributed by atoms with Crippen molar-refractivity contribution in [2.75, 3.05) is 37.7 Å². The molecule has 0 aromatic heterocycles. The molecule has 4 heteroatoms. The minimum atomic E-state index is -0.580. The van der Waals surface area contributed by atoms with E-state index in [1.165, 1.54) is 5.57 Å². The van der Waals surface area contributed by atoms with Crippen LogP contribution in [0.1, 0.15) is 20.8 Å². The van der Waals surface area contributed by atoms with Gasteiger partial charge in [0.15, 0.2) is 0 Å².